The predicted molar refractivity (Wildman–Crippen MR) is 121 cm³/mol. The fourth-order valence-corrected chi connectivity index (χ4v) is 3.74. The van der Waals surface area contributed by atoms with Gasteiger partial charge in [-0.15, -0.1) is 12.8 Å². The minimum absolute atomic E-state index is 0.00719. The van der Waals surface area contributed by atoms with Gasteiger partial charge in [-0.3, -0.25) is 0 Å². The maximum Gasteiger partial charge on any atom is 0.384 e. The Kier molecular flexibility index (Phi) is 10.1. The molecular weight excluding hydrogens is 480 g/mol. The molecule has 2 atom stereocenters. The van der Waals surface area contributed by atoms with E-state index in [1.807, 2.05) is 0 Å². The summed E-state index contributed by atoms with van der Waals surface area (Å²) >= 11 is 0. The number of carbonyl (C=O) groups is 2. The number of aliphatic hydroxyl groups excluding tert-OH is 2. The molecule has 2 N–H and O–H groups in total. The molecule has 35 heavy (non-hydrogen) atoms. The van der Waals surface area contributed by atoms with Crippen molar-refractivity contribution in [2.75, 3.05) is 26.4 Å². The molecule has 0 bridgehead atoms. The topological polar surface area (TPSA) is 146 Å². The van der Waals surface area contributed by atoms with E-state index in [0.717, 1.165) is 0 Å². The lowest BCUT2D eigenvalue weighted by molar-refractivity contribution is -0.140. The number of aliphatic hydroxyl groups is 2. The molecular formula is C24H22O10S. The fourth-order valence-electron chi connectivity index (χ4n) is 2.47. The van der Waals surface area contributed by atoms with Gasteiger partial charge < -0.3 is 29.2 Å². The number of hydrogen-bond donors (Lipinski definition) is 2. The van der Waals surface area contributed by atoms with Gasteiger partial charge in [0.1, 0.15) is 50.1 Å². The highest BCUT2D eigenvalue weighted by Gasteiger charge is 2.18. The maximum absolute atomic E-state index is 12.9. The summed E-state index contributed by atoms with van der Waals surface area (Å²) in [5, 5.41) is 19.4. The van der Waals surface area contributed by atoms with Crippen molar-refractivity contribution >= 4 is 21.8 Å². The summed E-state index contributed by atoms with van der Waals surface area (Å²) in [6.45, 7) is -1.08. The smallest absolute Gasteiger partial charge is 0.384 e. The first-order valence-electron chi connectivity index (χ1n) is 9.99. The van der Waals surface area contributed by atoms with Gasteiger partial charge in [-0.25, -0.2) is 18.0 Å². The van der Waals surface area contributed by atoms with Crippen LogP contribution in [0.1, 0.15) is 0 Å². The number of terminal acetylenes is 2. The zero-order valence-corrected chi connectivity index (χ0v) is 19.1. The molecule has 11 heteroatoms. The largest absolute Gasteiger partial charge is 0.491 e. The summed E-state index contributed by atoms with van der Waals surface area (Å²) in [4.78, 5) is 21.7. The standard InChI is InChI=1S/C24H22O10S/c1-3-23(27)33-15-17(25)13-31-19-5-9-21(10-6-19)35(29,30)22-11-7-20(8-12-22)32-14-18(26)16-34-24(28)4-2/h1-2,5-12,17-18,25-26H,13-16H2. The molecule has 0 amide bonds. The molecule has 0 fully saturated rings. The Morgan fingerprint density at radius 2 is 1.06 bits per heavy atom. The number of sulfone groups is 1. The molecule has 184 valence electrons. The van der Waals surface area contributed by atoms with Gasteiger partial charge in [0.2, 0.25) is 9.84 Å². The highest BCUT2D eigenvalue weighted by molar-refractivity contribution is 7.91. The second-order valence-electron chi connectivity index (χ2n) is 6.86. The number of rotatable bonds is 12. The Morgan fingerprint density at radius 1 is 0.714 bits per heavy atom. The van der Waals surface area contributed by atoms with Gasteiger partial charge in [0, 0.05) is 11.8 Å². The molecule has 0 aliphatic rings. The van der Waals surface area contributed by atoms with Gasteiger partial charge in [-0.2, -0.15) is 0 Å². The molecule has 0 aliphatic carbocycles. The van der Waals surface area contributed by atoms with E-state index in [4.69, 9.17) is 22.3 Å². The normalized spacial score (nSPS) is 12.3. The van der Waals surface area contributed by atoms with Crippen molar-refractivity contribution < 1.29 is 47.2 Å². The third-order valence-corrected chi connectivity index (χ3v) is 5.99. The van der Waals surface area contributed by atoms with Crippen molar-refractivity contribution in [3.8, 4) is 36.2 Å². The molecule has 0 saturated heterocycles. The number of esters is 2. The first-order valence-corrected chi connectivity index (χ1v) is 11.5. The predicted octanol–water partition coefficient (Wildman–Crippen LogP) is 0.352. The van der Waals surface area contributed by atoms with Crippen molar-refractivity contribution in [1.29, 1.82) is 0 Å². The van der Waals surface area contributed by atoms with Crippen LogP contribution in [0.25, 0.3) is 0 Å². The second kappa shape index (κ2) is 13.0. The molecule has 2 aromatic carbocycles. The molecule has 2 rings (SSSR count). The van der Waals surface area contributed by atoms with Gasteiger partial charge in [-0.1, -0.05) is 0 Å². The summed E-state index contributed by atoms with van der Waals surface area (Å²) in [5.74, 6) is 2.27. The Balaban J connectivity index is 1.91. The van der Waals surface area contributed by atoms with Gasteiger partial charge in [0.05, 0.1) is 9.79 Å². The van der Waals surface area contributed by atoms with E-state index < -0.39 is 34.0 Å². The number of hydrogen-bond acceptors (Lipinski definition) is 10. The first kappa shape index (κ1) is 27.2. The van der Waals surface area contributed by atoms with Crippen LogP contribution in [-0.4, -0.2) is 69.2 Å². The monoisotopic (exact) mass is 502 g/mol. The molecule has 2 aromatic rings. The molecule has 0 saturated carbocycles. The van der Waals surface area contributed by atoms with Crippen molar-refractivity contribution in [3.05, 3.63) is 48.5 Å². The molecule has 0 radical (unpaired) electrons. The Morgan fingerprint density at radius 3 is 1.37 bits per heavy atom. The van der Waals surface area contributed by atoms with Gasteiger partial charge in [-0.05, 0) is 48.5 Å². The van der Waals surface area contributed by atoms with Crippen LogP contribution in [0.5, 0.6) is 11.5 Å². The second-order valence-corrected chi connectivity index (χ2v) is 8.81. The Labute approximate surface area is 202 Å². The highest BCUT2D eigenvalue weighted by Crippen LogP contribution is 2.25. The highest BCUT2D eigenvalue weighted by atomic mass is 32.2. The lowest BCUT2D eigenvalue weighted by Gasteiger charge is -2.13. The number of carbonyl (C=O) groups excluding carboxylic acids is 2. The van der Waals surface area contributed by atoms with Crippen LogP contribution >= 0.6 is 0 Å². The van der Waals surface area contributed by atoms with Crippen molar-refractivity contribution in [2.24, 2.45) is 0 Å². The lowest BCUT2D eigenvalue weighted by atomic mass is 10.3. The van der Waals surface area contributed by atoms with Gasteiger partial charge >= 0.3 is 11.9 Å². The minimum Gasteiger partial charge on any atom is -0.491 e. The third-order valence-electron chi connectivity index (χ3n) is 4.20. The van der Waals surface area contributed by atoms with Crippen LogP contribution in [0.15, 0.2) is 58.3 Å². The van der Waals surface area contributed by atoms with Crippen LogP contribution < -0.4 is 9.47 Å². The zero-order valence-electron chi connectivity index (χ0n) is 18.3. The summed E-state index contributed by atoms with van der Waals surface area (Å²) < 4.78 is 45.6. The molecule has 0 aromatic heterocycles. The van der Waals surface area contributed by atoms with Gasteiger partial charge in [0.15, 0.2) is 0 Å². The van der Waals surface area contributed by atoms with E-state index in [1.165, 1.54) is 48.5 Å². The average Bonchev–Trinajstić information content (AvgIpc) is 2.88. The summed E-state index contributed by atoms with van der Waals surface area (Å²) in [5.41, 5.74) is 0. The van der Waals surface area contributed by atoms with Crippen LogP contribution in [0, 0.1) is 24.7 Å². The quantitative estimate of drug-likeness (QED) is 0.237. The van der Waals surface area contributed by atoms with E-state index >= 15 is 0 Å². The Bertz CT molecular complexity index is 1100. The SMILES string of the molecule is C#CC(=O)OCC(O)COc1ccc(S(=O)(=O)c2ccc(OCC(O)COC(=O)C#C)cc2)cc1. The van der Waals surface area contributed by atoms with E-state index in [0.29, 0.717) is 11.5 Å². The number of ether oxygens (including phenoxy) is 4. The average molecular weight is 502 g/mol. The minimum atomic E-state index is -3.84. The van der Waals surface area contributed by atoms with E-state index in [-0.39, 0.29) is 36.2 Å². The summed E-state index contributed by atoms with van der Waals surface area (Å²) in [6.07, 6.45) is 7.47. The molecule has 10 nitrogen and oxygen atoms in total. The van der Waals surface area contributed by atoms with Crippen molar-refractivity contribution in [3.63, 3.8) is 0 Å². The maximum atomic E-state index is 12.9. The van der Waals surface area contributed by atoms with E-state index in [2.05, 4.69) is 9.47 Å². The van der Waals surface area contributed by atoms with E-state index in [1.54, 1.807) is 11.8 Å². The molecule has 2 unspecified atom stereocenters. The van der Waals surface area contributed by atoms with Crippen LogP contribution in [0.2, 0.25) is 0 Å². The van der Waals surface area contributed by atoms with Crippen LogP contribution in [0.4, 0.5) is 0 Å². The zero-order chi connectivity index (χ0) is 25.8. The summed E-state index contributed by atoms with van der Waals surface area (Å²) in [6, 6.07) is 11.0. The van der Waals surface area contributed by atoms with Crippen LogP contribution in [0.3, 0.4) is 0 Å². The lowest BCUT2D eigenvalue weighted by Crippen LogP contribution is -2.24. The third kappa shape index (κ3) is 8.68. The Hall–Kier alpha value is -4.03. The fraction of sp³-hybridized carbons (Fsp3) is 0.250. The molecule has 0 spiro atoms. The van der Waals surface area contributed by atoms with Crippen molar-refractivity contribution in [2.45, 2.75) is 22.0 Å². The van der Waals surface area contributed by atoms with Crippen molar-refractivity contribution in [1.82, 2.24) is 0 Å². The molecule has 0 aliphatic heterocycles. The van der Waals surface area contributed by atoms with E-state index in [9.17, 15) is 28.2 Å². The molecule has 0 heterocycles. The summed E-state index contributed by atoms with van der Waals surface area (Å²) in [7, 11) is -3.84. The number of benzene rings is 2. The van der Waals surface area contributed by atoms with Crippen LogP contribution in [-0.2, 0) is 28.9 Å². The van der Waals surface area contributed by atoms with Gasteiger partial charge in [0.25, 0.3) is 0 Å². The first-order chi connectivity index (χ1) is 16.6.